The van der Waals surface area contributed by atoms with Gasteiger partial charge >= 0.3 is 0 Å². The van der Waals surface area contributed by atoms with E-state index in [0.29, 0.717) is 0 Å². The van der Waals surface area contributed by atoms with Gasteiger partial charge in [0.25, 0.3) is 0 Å². The molecule has 0 spiro atoms. The van der Waals surface area contributed by atoms with Crippen LogP contribution in [0.15, 0.2) is 18.2 Å². The predicted molar refractivity (Wildman–Crippen MR) is 77.5 cm³/mol. The van der Waals surface area contributed by atoms with Crippen molar-refractivity contribution in [2.45, 2.75) is 32.8 Å². The first-order chi connectivity index (χ1) is 8.95. The zero-order chi connectivity index (χ0) is 13.8. The summed E-state index contributed by atoms with van der Waals surface area (Å²) in [6.45, 7) is 6.17. The van der Waals surface area contributed by atoms with Gasteiger partial charge in [0.2, 0.25) is 0 Å². The molecule has 0 saturated heterocycles. The van der Waals surface area contributed by atoms with Gasteiger partial charge in [-0.05, 0) is 43.0 Å². The molecule has 1 aliphatic rings. The lowest BCUT2D eigenvalue weighted by Gasteiger charge is -2.33. The quantitative estimate of drug-likeness (QED) is 0.772. The fraction of sp³-hybridized carbons (Fsp3) is 0.375. The summed E-state index contributed by atoms with van der Waals surface area (Å²) < 4.78 is 5.79. The van der Waals surface area contributed by atoms with E-state index in [4.69, 9.17) is 10.5 Å². The first kappa shape index (κ1) is 12.3. The topological polar surface area (TPSA) is 55.5 Å². The third-order valence-electron chi connectivity index (χ3n) is 4.00. The Kier molecular flexibility index (Phi) is 2.51. The maximum absolute atomic E-state index is 10.5. The van der Waals surface area contributed by atoms with Crippen LogP contribution in [0.4, 0.5) is 5.69 Å². The Bertz CT molecular complexity index is 674. The Labute approximate surface area is 113 Å². The molecule has 19 heavy (non-hydrogen) atoms. The SMILES string of the molecule is CCc1ccc2c3c(c(C)cc(N)c13)OCC2(C)O. The van der Waals surface area contributed by atoms with E-state index in [1.165, 1.54) is 5.56 Å². The minimum Gasteiger partial charge on any atom is -0.489 e. The van der Waals surface area contributed by atoms with Gasteiger partial charge in [-0.2, -0.15) is 0 Å². The highest BCUT2D eigenvalue weighted by Crippen LogP contribution is 2.44. The summed E-state index contributed by atoms with van der Waals surface area (Å²) in [7, 11) is 0. The van der Waals surface area contributed by atoms with Crippen LogP contribution < -0.4 is 10.5 Å². The molecule has 2 aromatic carbocycles. The molecule has 0 aromatic heterocycles. The predicted octanol–water partition coefficient (Wildman–Crippen LogP) is 2.89. The zero-order valence-electron chi connectivity index (χ0n) is 11.6. The number of nitrogens with two attached hydrogens (primary N) is 1. The molecule has 0 radical (unpaired) electrons. The first-order valence-corrected chi connectivity index (χ1v) is 6.66. The second kappa shape index (κ2) is 3.87. The summed E-state index contributed by atoms with van der Waals surface area (Å²) in [6.07, 6.45) is 0.908. The van der Waals surface area contributed by atoms with E-state index in [1.54, 1.807) is 6.92 Å². The van der Waals surface area contributed by atoms with Gasteiger partial charge in [-0.1, -0.05) is 19.1 Å². The molecule has 1 aliphatic heterocycles. The van der Waals surface area contributed by atoms with Crippen LogP contribution in [0.2, 0.25) is 0 Å². The number of anilines is 1. The van der Waals surface area contributed by atoms with Gasteiger partial charge in [-0.25, -0.2) is 0 Å². The van der Waals surface area contributed by atoms with Crippen LogP contribution in [0.25, 0.3) is 10.8 Å². The van der Waals surface area contributed by atoms with Crippen molar-refractivity contribution in [3.05, 3.63) is 34.9 Å². The summed E-state index contributed by atoms with van der Waals surface area (Å²) in [5, 5.41) is 12.5. The van der Waals surface area contributed by atoms with E-state index in [9.17, 15) is 5.11 Å². The van der Waals surface area contributed by atoms with Crippen LogP contribution in [0.3, 0.4) is 0 Å². The summed E-state index contributed by atoms with van der Waals surface area (Å²) >= 11 is 0. The summed E-state index contributed by atoms with van der Waals surface area (Å²) in [5.41, 5.74) is 9.13. The molecule has 0 amide bonds. The van der Waals surface area contributed by atoms with Crippen molar-refractivity contribution in [1.29, 1.82) is 0 Å². The van der Waals surface area contributed by atoms with E-state index in [2.05, 4.69) is 13.0 Å². The first-order valence-electron chi connectivity index (χ1n) is 6.66. The Balaban J connectivity index is 2.53. The molecular weight excluding hydrogens is 238 g/mol. The molecule has 0 saturated carbocycles. The molecular formula is C16H19NO2. The third kappa shape index (κ3) is 1.61. The second-order valence-electron chi connectivity index (χ2n) is 5.55. The molecule has 3 rings (SSSR count). The van der Waals surface area contributed by atoms with E-state index < -0.39 is 5.60 Å². The van der Waals surface area contributed by atoms with Gasteiger partial charge in [0.1, 0.15) is 18.0 Å². The largest absolute Gasteiger partial charge is 0.489 e. The molecule has 1 atom stereocenters. The molecule has 3 nitrogen and oxygen atoms in total. The number of nitrogen functional groups attached to an aromatic ring is 1. The number of hydrogen-bond donors (Lipinski definition) is 2. The number of aryl methyl sites for hydroxylation is 2. The number of rotatable bonds is 1. The highest BCUT2D eigenvalue weighted by atomic mass is 16.5. The van der Waals surface area contributed by atoms with Crippen molar-refractivity contribution >= 4 is 16.5 Å². The molecule has 3 heteroatoms. The summed E-state index contributed by atoms with van der Waals surface area (Å²) in [6, 6.07) is 6.03. The van der Waals surface area contributed by atoms with E-state index in [1.807, 2.05) is 19.1 Å². The van der Waals surface area contributed by atoms with Crippen molar-refractivity contribution in [3.63, 3.8) is 0 Å². The smallest absolute Gasteiger partial charge is 0.130 e. The zero-order valence-corrected chi connectivity index (χ0v) is 11.6. The maximum atomic E-state index is 10.5. The van der Waals surface area contributed by atoms with Crippen LogP contribution in [-0.2, 0) is 12.0 Å². The summed E-state index contributed by atoms with van der Waals surface area (Å²) in [5.74, 6) is 0.862. The second-order valence-corrected chi connectivity index (χ2v) is 5.55. The number of hydrogen-bond acceptors (Lipinski definition) is 3. The fourth-order valence-corrected chi connectivity index (χ4v) is 3.00. The van der Waals surface area contributed by atoms with Crippen molar-refractivity contribution in [1.82, 2.24) is 0 Å². The fourth-order valence-electron chi connectivity index (χ4n) is 3.00. The lowest BCUT2D eigenvalue weighted by molar-refractivity contribution is 0.00354. The van der Waals surface area contributed by atoms with Crippen molar-refractivity contribution in [2.75, 3.05) is 12.3 Å². The Hall–Kier alpha value is -1.74. The number of ether oxygens (including phenoxy) is 1. The van der Waals surface area contributed by atoms with E-state index >= 15 is 0 Å². The maximum Gasteiger partial charge on any atom is 0.130 e. The van der Waals surface area contributed by atoms with E-state index in [0.717, 1.165) is 39.8 Å². The van der Waals surface area contributed by atoms with Crippen molar-refractivity contribution in [2.24, 2.45) is 0 Å². The van der Waals surface area contributed by atoms with Gasteiger partial charge in [0.15, 0.2) is 0 Å². The Morgan fingerprint density at radius 2 is 2.11 bits per heavy atom. The highest BCUT2D eigenvalue weighted by Gasteiger charge is 2.33. The molecule has 0 fully saturated rings. The lowest BCUT2D eigenvalue weighted by atomic mass is 9.85. The van der Waals surface area contributed by atoms with Crippen LogP contribution in [-0.4, -0.2) is 11.7 Å². The molecule has 2 aromatic rings. The Morgan fingerprint density at radius 3 is 2.79 bits per heavy atom. The van der Waals surface area contributed by atoms with Crippen LogP contribution in [0.1, 0.15) is 30.5 Å². The molecule has 0 bridgehead atoms. The molecule has 1 unspecified atom stereocenters. The van der Waals surface area contributed by atoms with E-state index in [-0.39, 0.29) is 6.61 Å². The summed E-state index contributed by atoms with van der Waals surface area (Å²) in [4.78, 5) is 0. The van der Waals surface area contributed by atoms with Gasteiger partial charge in [0, 0.05) is 16.5 Å². The Morgan fingerprint density at radius 1 is 1.37 bits per heavy atom. The van der Waals surface area contributed by atoms with Crippen molar-refractivity contribution in [3.8, 4) is 5.75 Å². The molecule has 100 valence electrons. The number of aliphatic hydroxyl groups is 1. The normalized spacial score (nSPS) is 21.5. The van der Waals surface area contributed by atoms with Crippen molar-refractivity contribution < 1.29 is 9.84 Å². The monoisotopic (exact) mass is 257 g/mol. The standard InChI is InChI=1S/C16H19NO2/c1-4-10-5-6-11-14-13(10)12(17)7-9(2)15(14)19-8-16(11,3)18/h5-7,18H,4,8,17H2,1-3H3. The number of benzene rings is 2. The van der Waals surface area contributed by atoms with Gasteiger partial charge in [-0.15, -0.1) is 0 Å². The minimum absolute atomic E-state index is 0.283. The minimum atomic E-state index is -0.961. The average Bonchev–Trinajstić information content (AvgIpc) is 2.36. The van der Waals surface area contributed by atoms with Crippen LogP contribution >= 0.6 is 0 Å². The van der Waals surface area contributed by atoms with Gasteiger partial charge in [-0.3, -0.25) is 0 Å². The lowest BCUT2D eigenvalue weighted by Crippen LogP contribution is -2.33. The molecule has 1 heterocycles. The average molecular weight is 257 g/mol. The molecule has 0 aliphatic carbocycles. The highest BCUT2D eigenvalue weighted by molar-refractivity contribution is 6.03. The third-order valence-corrected chi connectivity index (χ3v) is 4.00. The van der Waals surface area contributed by atoms with Gasteiger partial charge < -0.3 is 15.6 Å². The van der Waals surface area contributed by atoms with Gasteiger partial charge in [0.05, 0.1) is 0 Å². The molecule has 3 N–H and O–H groups in total. The van der Waals surface area contributed by atoms with Crippen LogP contribution in [0.5, 0.6) is 5.75 Å². The van der Waals surface area contributed by atoms with Crippen LogP contribution in [0, 0.1) is 6.92 Å².